The van der Waals surface area contributed by atoms with Gasteiger partial charge in [0.15, 0.2) is 17.5 Å². The average molecular weight is 893 g/mol. The van der Waals surface area contributed by atoms with Crippen molar-refractivity contribution in [1.29, 1.82) is 0 Å². The molecule has 0 saturated heterocycles. The SMILES string of the molecule is c1ccc(-c2ccc(-c3nc(-c4ccc(-c5ccccc5)cc4)nc(-c4ccc(-n5c6cc7ccccc7cc6c6cc7ccccc7cc65)cc4-c4cccc5oc6ccccc6c45)n3)cc2)cc1. The number of aromatic nitrogens is 4. The Hall–Kier alpha value is -9.45. The van der Waals surface area contributed by atoms with Gasteiger partial charge in [-0.25, -0.2) is 15.0 Å². The van der Waals surface area contributed by atoms with Gasteiger partial charge >= 0.3 is 0 Å². The van der Waals surface area contributed by atoms with Gasteiger partial charge in [0.25, 0.3) is 0 Å². The molecule has 0 unspecified atom stereocenters. The van der Waals surface area contributed by atoms with Crippen LogP contribution in [0, 0.1) is 0 Å². The zero-order chi connectivity index (χ0) is 46.1. The van der Waals surface area contributed by atoms with Gasteiger partial charge in [0.2, 0.25) is 0 Å². The molecule has 0 radical (unpaired) electrons. The number of hydrogen-bond acceptors (Lipinski definition) is 4. The van der Waals surface area contributed by atoms with Crippen molar-refractivity contribution in [2.45, 2.75) is 0 Å². The van der Waals surface area contributed by atoms with Gasteiger partial charge in [-0.2, -0.15) is 0 Å². The molecule has 0 atom stereocenters. The first kappa shape index (κ1) is 39.7. The highest BCUT2D eigenvalue weighted by Crippen LogP contribution is 2.44. The number of furan rings is 1. The van der Waals surface area contributed by atoms with Crippen LogP contribution in [-0.4, -0.2) is 19.5 Å². The second kappa shape index (κ2) is 16.1. The number of benzene rings is 11. The highest BCUT2D eigenvalue weighted by molar-refractivity contribution is 6.17. The van der Waals surface area contributed by atoms with E-state index in [1.54, 1.807) is 0 Å². The molecule has 0 saturated carbocycles. The Morgan fingerprint density at radius 3 is 1.31 bits per heavy atom. The molecular weight excluding hydrogens is 853 g/mol. The van der Waals surface area contributed by atoms with Crippen molar-refractivity contribution in [2.75, 3.05) is 0 Å². The Bertz CT molecular complexity index is 4130. The highest BCUT2D eigenvalue weighted by atomic mass is 16.3. The second-order valence-electron chi connectivity index (χ2n) is 18.0. The van der Waals surface area contributed by atoms with E-state index in [1.807, 2.05) is 24.3 Å². The monoisotopic (exact) mass is 892 g/mol. The van der Waals surface area contributed by atoms with Gasteiger partial charge in [-0.05, 0) is 110 Å². The quantitative estimate of drug-likeness (QED) is 0.160. The van der Waals surface area contributed by atoms with E-state index in [4.69, 9.17) is 19.4 Å². The highest BCUT2D eigenvalue weighted by Gasteiger charge is 2.22. The number of fused-ring (bicyclic) bond motifs is 8. The molecule has 3 aromatic heterocycles. The van der Waals surface area contributed by atoms with Crippen LogP contribution in [0.1, 0.15) is 0 Å². The van der Waals surface area contributed by atoms with Crippen molar-refractivity contribution < 1.29 is 4.42 Å². The Labute approximate surface area is 403 Å². The Kier molecular flexibility index (Phi) is 9.14. The third-order valence-corrected chi connectivity index (χ3v) is 13.8. The standard InChI is InChI=1S/C65H40N4O/c1-3-14-41(15-4-1)43-26-30-45(31-27-43)63-66-64(46-32-28-44(29-33-46)42-16-5-2-6-17-42)68-65(67-63)53-35-34-51(40-55(53)52-23-13-25-61-62(52)54-22-11-12-24-60(54)70-61)69-58-38-49-20-9-7-18-47(49)36-56(58)57-37-48-19-8-10-21-50(48)39-59(57)69/h1-40H. The molecule has 0 aliphatic carbocycles. The van der Waals surface area contributed by atoms with Gasteiger partial charge in [-0.15, -0.1) is 0 Å². The summed E-state index contributed by atoms with van der Waals surface area (Å²) < 4.78 is 8.98. The normalized spacial score (nSPS) is 11.7. The number of para-hydroxylation sites is 1. The lowest BCUT2D eigenvalue weighted by atomic mass is 9.94. The van der Waals surface area contributed by atoms with Crippen LogP contribution in [0.5, 0.6) is 0 Å². The molecule has 0 bridgehead atoms. The minimum Gasteiger partial charge on any atom is -0.456 e. The zero-order valence-electron chi connectivity index (χ0n) is 37.8. The van der Waals surface area contributed by atoms with Crippen molar-refractivity contribution in [1.82, 2.24) is 19.5 Å². The summed E-state index contributed by atoms with van der Waals surface area (Å²) in [5.74, 6) is 1.76. The molecule has 0 aliphatic rings. The maximum atomic E-state index is 6.55. The Balaban J connectivity index is 1.03. The molecule has 70 heavy (non-hydrogen) atoms. The fourth-order valence-corrected chi connectivity index (χ4v) is 10.4. The molecule has 5 nitrogen and oxygen atoms in total. The molecule has 11 aromatic carbocycles. The van der Waals surface area contributed by atoms with Crippen LogP contribution < -0.4 is 0 Å². The summed E-state index contributed by atoms with van der Waals surface area (Å²) in [4.78, 5) is 16.0. The van der Waals surface area contributed by atoms with Gasteiger partial charge in [0.05, 0.1) is 11.0 Å². The van der Waals surface area contributed by atoms with E-state index in [9.17, 15) is 0 Å². The average Bonchev–Trinajstić information content (AvgIpc) is 3.97. The summed E-state index contributed by atoms with van der Waals surface area (Å²) in [6.07, 6.45) is 0. The minimum atomic E-state index is 0.574. The summed E-state index contributed by atoms with van der Waals surface area (Å²) in [5, 5.41) is 9.30. The van der Waals surface area contributed by atoms with Gasteiger partial charge in [-0.3, -0.25) is 0 Å². The topological polar surface area (TPSA) is 56.7 Å². The smallest absolute Gasteiger partial charge is 0.164 e. The molecule has 14 aromatic rings. The predicted octanol–water partition coefficient (Wildman–Crippen LogP) is 17.2. The van der Waals surface area contributed by atoms with Gasteiger partial charge in [0.1, 0.15) is 11.2 Å². The third kappa shape index (κ3) is 6.67. The van der Waals surface area contributed by atoms with Crippen molar-refractivity contribution in [3.05, 3.63) is 243 Å². The lowest BCUT2D eigenvalue weighted by Gasteiger charge is -2.16. The minimum absolute atomic E-state index is 0.574. The summed E-state index contributed by atoms with van der Waals surface area (Å²) in [6.45, 7) is 0. The molecule has 0 aliphatic heterocycles. The van der Waals surface area contributed by atoms with E-state index >= 15 is 0 Å². The third-order valence-electron chi connectivity index (χ3n) is 13.8. The maximum absolute atomic E-state index is 6.55. The molecular formula is C65H40N4O. The van der Waals surface area contributed by atoms with Crippen LogP contribution in [0.4, 0.5) is 0 Å². The Morgan fingerprint density at radius 2 is 0.743 bits per heavy atom. The van der Waals surface area contributed by atoms with E-state index in [-0.39, 0.29) is 0 Å². The lowest BCUT2D eigenvalue weighted by molar-refractivity contribution is 0.669. The van der Waals surface area contributed by atoms with Crippen molar-refractivity contribution in [2.24, 2.45) is 0 Å². The van der Waals surface area contributed by atoms with Crippen LogP contribution in [-0.2, 0) is 0 Å². The molecule has 5 heteroatoms. The van der Waals surface area contributed by atoms with Gasteiger partial charge in [0, 0.05) is 43.9 Å². The summed E-state index contributed by atoms with van der Waals surface area (Å²) in [7, 11) is 0. The van der Waals surface area contributed by atoms with E-state index in [0.29, 0.717) is 17.5 Å². The summed E-state index contributed by atoms with van der Waals surface area (Å²) in [5.41, 5.74) is 14.2. The van der Waals surface area contributed by atoms with Crippen LogP contribution in [0.15, 0.2) is 247 Å². The molecule has 3 heterocycles. The molecule has 0 amide bonds. The first-order chi connectivity index (χ1) is 34.7. The molecule has 326 valence electrons. The Morgan fingerprint density at radius 1 is 0.286 bits per heavy atom. The van der Waals surface area contributed by atoms with Crippen molar-refractivity contribution in [3.8, 4) is 73.2 Å². The van der Waals surface area contributed by atoms with Crippen LogP contribution >= 0.6 is 0 Å². The lowest BCUT2D eigenvalue weighted by Crippen LogP contribution is -2.02. The number of hydrogen-bond donors (Lipinski definition) is 0. The predicted molar refractivity (Wildman–Crippen MR) is 289 cm³/mol. The molecule has 14 rings (SSSR count). The molecule has 0 spiro atoms. The van der Waals surface area contributed by atoms with Crippen LogP contribution in [0.2, 0.25) is 0 Å². The maximum Gasteiger partial charge on any atom is 0.164 e. The van der Waals surface area contributed by atoms with Crippen molar-refractivity contribution in [3.63, 3.8) is 0 Å². The van der Waals surface area contributed by atoms with Gasteiger partial charge < -0.3 is 8.98 Å². The first-order valence-corrected chi connectivity index (χ1v) is 23.7. The molecule has 0 fully saturated rings. The second-order valence-corrected chi connectivity index (χ2v) is 18.0. The van der Waals surface area contributed by atoms with Gasteiger partial charge in [-0.1, -0.05) is 188 Å². The van der Waals surface area contributed by atoms with Crippen LogP contribution in [0.25, 0.3) is 139 Å². The van der Waals surface area contributed by atoms with E-state index in [1.165, 1.54) is 32.3 Å². The van der Waals surface area contributed by atoms with E-state index < -0.39 is 0 Å². The van der Waals surface area contributed by atoms with Crippen LogP contribution in [0.3, 0.4) is 0 Å². The largest absolute Gasteiger partial charge is 0.456 e. The fraction of sp³-hybridized carbons (Fsp3) is 0. The summed E-state index contributed by atoms with van der Waals surface area (Å²) >= 11 is 0. The number of rotatable bonds is 7. The first-order valence-electron chi connectivity index (χ1n) is 23.7. The van der Waals surface area contributed by atoms with E-state index in [0.717, 1.165) is 88.7 Å². The zero-order valence-corrected chi connectivity index (χ0v) is 37.8. The van der Waals surface area contributed by atoms with Crippen molar-refractivity contribution >= 4 is 65.3 Å². The summed E-state index contributed by atoms with van der Waals surface area (Å²) in [6, 6.07) is 85.9. The van der Waals surface area contributed by atoms with E-state index in [2.05, 4.69) is 223 Å². The molecule has 0 N–H and O–H groups in total. The number of nitrogens with zero attached hydrogens (tertiary/aromatic N) is 4. The fourth-order valence-electron chi connectivity index (χ4n) is 10.4.